The molecule has 2 unspecified atom stereocenters. The van der Waals surface area contributed by atoms with Crippen LogP contribution in [0.25, 0.3) is 0 Å². The van der Waals surface area contributed by atoms with Crippen LogP contribution >= 0.6 is 0 Å². The van der Waals surface area contributed by atoms with Crippen molar-refractivity contribution in [2.45, 2.75) is 40.2 Å². The summed E-state index contributed by atoms with van der Waals surface area (Å²) in [5.74, 6) is -1.45. The minimum absolute atomic E-state index is 0.181. The molecule has 0 rings (SSSR count). The topological polar surface area (TPSA) is 83.8 Å². The van der Waals surface area contributed by atoms with E-state index in [-0.39, 0.29) is 5.92 Å². The Morgan fingerprint density at radius 3 is 1.80 bits per heavy atom. The van der Waals surface area contributed by atoms with Crippen molar-refractivity contribution in [3.8, 4) is 0 Å². The minimum atomic E-state index is -0.991. The fourth-order valence-electron chi connectivity index (χ4n) is 0.437. The van der Waals surface area contributed by atoms with Crippen LogP contribution in [0.5, 0.6) is 0 Å². The first-order valence-electron chi connectivity index (χ1n) is 4.94. The zero-order valence-electron chi connectivity index (χ0n) is 9.69. The van der Waals surface area contributed by atoms with Gasteiger partial charge in [-0.3, -0.25) is 4.79 Å². The van der Waals surface area contributed by atoms with Gasteiger partial charge in [-0.05, 0) is 20.3 Å². The number of ether oxygens (including phenoxy) is 1. The highest BCUT2D eigenvalue weighted by molar-refractivity contribution is 5.73. The molecule has 0 aromatic heterocycles. The van der Waals surface area contributed by atoms with Gasteiger partial charge in [-0.1, -0.05) is 13.8 Å². The second-order valence-corrected chi connectivity index (χ2v) is 3.08. The largest absolute Gasteiger partial charge is 0.481 e. The maximum absolute atomic E-state index is 10.3. The molecule has 5 heteroatoms. The lowest BCUT2D eigenvalue weighted by Gasteiger charge is -2.01. The standard InChI is InChI=1S/C5H10O3.C5H10O2/c1-3-8-5(7)4(2)6;1-3-4(2)5(6)7/h4,6H,3H2,1-2H3;4H,3H2,1-2H3,(H,6,7). The second-order valence-electron chi connectivity index (χ2n) is 3.08. The summed E-state index contributed by atoms with van der Waals surface area (Å²) in [5, 5.41) is 16.7. The molecule has 0 heterocycles. The van der Waals surface area contributed by atoms with E-state index < -0.39 is 18.0 Å². The van der Waals surface area contributed by atoms with Crippen LogP contribution in [0.15, 0.2) is 0 Å². The molecule has 0 aliphatic carbocycles. The zero-order chi connectivity index (χ0) is 12.4. The number of carboxylic acid groups (broad SMARTS) is 1. The fourth-order valence-corrected chi connectivity index (χ4v) is 0.437. The van der Waals surface area contributed by atoms with Crippen LogP contribution in [0.1, 0.15) is 34.1 Å². The van der Waals surface area contributed by atoms with Gasteiger partial charge in [0.25, 0.3) is 0 Å². The van der Waals surface area contributed by atoms with Crippen LogP contribution in [0.4, 0.5) is 0 Å². The predicted octanol–water partition coefficient (Wildman–Crippen LogP) is 1.05. The minimum Gasteiger partial charge on any atom is -0.481 e. The lowest BCUT2D eigenvalue weighted by Crippen LogP contribution is -2.18. The molecule has 2 N–H and O–H groups in total. The first-order valence-corrected chi connectivity index (χ1v) is 4.94. The highest BCUT2D eigenvalue weighted by Gasteiger charge is 2.07. The Morgan fingerprint density at radius 1 is 1.27 bits per heavy atom. The van der Waals surface area contributed by atoms with Crippen LogP contribution in [0, 0.1) is 5.92 Å². The molecule has 90 valence electrons. The van der Waals surface area contributed by atoms with Crippen LogP contribution in [-0.4, -0.2) is 34.9 Å². The van der Waals surface area contributed by atoms with Gasteiger partial charge in [-0.15, -0.1) is 0 Å². The van der Waals surface area contributed by atoms with Gasteiger partial charge in [-0.2, -0.15) is 0 Å². The van der Waals surface area contributed by atoms with Gasteiger partial charge in [0.1, 0.15) is 6.10 Å². The molecule has 0 radical (unpaired) electrons. The van der Waals surface area contributed by atoms with E-state index in [4.69, 9.17) is 10.2 Å². The molecule has 2 atom stereocenters. The fraction of sp³-hybridized carbons (Fsp3) is 0.800. The molecule has 0 aromatic rings. The van der Waals surface area contributed by atoms with Crippen molar-refractivity contribution in [3.05, 3.63) is 0 Å². The monoisotopic (exact) mass is 220 g/mol. The van der Waals surface area contributed by atoms with Gasteiger partial charge in [-0.25, -0.2) is 4.79 Å². The van der Waals surface area contributed by atoms with Crippen molar-refractivity contribution in [2.75, 3.05) is 6.61 Å². The molecular formula is C10H20O5. The third-order valence-corrected chi connectivity index (χ3v) is 1.66. The van der Waals surface area contributed by atoms with Crippen molar-refractivity contribution in [1.29, 1.82) is 0 Å². The van der Waals surface area contributed by atoms with E-state index in [0.29, 0.717) is 6.61 Å². The number of rotatable bonds is 4. The molecule has 0 amide bonds. The quantitative estimate of drug-likeness (QED) is 0.692. The van der Waals surface area contributed by atoms with Crippen LogP contribution in [0.2, 0.25) is 0 Å². The van der Waals surface area contributed by atoms with Crippen molar-refractivity contribution in [2.24, 2.45) is 5.92 Å². The second kappa shape index (κ2) is 9.45. The number of aliphatic carboxylic acids is 1. The molecule has 0 aliphatic heterocycles. The van der Waals surface area contributed by atoms with Gasteiger partial charge in [0.05, 0.1) is 12.5 Å². The Kier molecular flexibility index (Phi) is 10.3. The molecule has 0 aliphatic rings. The Hall–Kier alpha value is -1.10. The normalized spacial score (nSPS) is 13.1. The summed E-state index contributed by atoms with van der Waals surface area (Å²) < 4.78 is 4.41. The van der Waals surface area contributed by atoms with Gasteiger partial charge in [0, 0.05) is 0 Å². The molecule has 0 spiro atoms. The number of aliphatic hydroxyl groups excluding tert-OH is 1. The van der Waals surface area contributed by atoms with E-state index in [2.05, 4.69) is 4.74 Å². The Balaban J connectivity index is 0. The molecule has 0 bridgehead atoms. The number of hydrogen-bond donors (Lipinski definition) is 2. The number of aliphatic hydroxyl groups is 1. The zero-order valence-corrected chi connectivity index (χ0v) is 9.69. The van der Waals surface area contributed by atoms with Crippen molar-refractivity contribution >= 4 is 11.9 Å². The van der Waals surface area contributed by atoms with E-state index in [9.17, 15) is 9.59 Å². The number of hydrogen-bond acceptors (Lipinski definition) is 4. The van der Waals surface area contributed by atoms with E-state index >= 15 is 0 Å². The summed E-state index contributed by atoms with van der Waals surface area (Å²) in [6.45, 7) is 6.95. The number of carbonyl (C=O) groups is 2. The van der Waals surface area contributed by atoms with Crippen molar-refractivity contribution in [3.63, 3.8) is 0 Å². The Labute approximate surface area is 90.1 Å². The summed E-state index contributed by atoms with van der Waals surface area (Å²) in [7, 11) is 0. The molecular weight excluding hydrogens is 200 g/mol. The summed E-state index contributed by atoms with van der Waals surface area (Å²) in [5.41, 5.74) is 0. The molecule has 0 saturated carbocycles. The third-order valence-electron chi connectivity index (χ3n) is 1.66. The Bertz CT molecular complexity index is 188. The van der Waals surface area contributed by atoms with Gasteiger partial charge in [0.2, 0.25) is 0 Å². The highest BCUT2D eigenvalue weighted by atomic mass is 16.5. The maximum atomic E-state index is 10.3. The van der Waals surface area contributed by atoms with E-state index in [1.807, 2.05) is 6.92 Å². The SMILES string of the molecule is CCC(C)C(=O)O.CCOC(=O)C(C)O. The smallest absolute Gasteiger partial charge is 0.334 e. The summed E-state index contributed by atoms with van der Waals surface area (Å²) in [6, 6.07) is 0. The maximum Gasteiger partial charge on any atom is 0.334 e. The average Bonchev–Trinajstić information content (AvgIpc) is 2.17. The molecule has 0 aromatic carbocycles. The first-order chi connectivity index (χ1) is 6.86. The van der Waals surface area contributed by atoms with Crippen molar-refractivity contribution in [1.82, 2.24) is 0 Å². The molecule has 0 saturated heterocycles. The van der Waals surface area contributed by atoms with E-state index in [0.717, 1.165) is 6.42 Å². The van der Waals surface area contributed by atoms with Crippen molar-refractivity contribution < 1.29 is 24.5 Å². The summed E-state index contributed by atoms with van der Waals surface area (Å²) in [6.07, 6.45) is -0.273. The van der Waals surface area contributed by atoms with Crippen LogP contribution < -0.4 is 0 Å². The average molecular weight is 220 g/mol. The predicted molar refractivity (Wildman–Crippen MR) is 55.4 cm³/mol. The van der Waals surface area contributed by atoms with Gasteiger partial charge >= 0.3 is 11.9 Å². The summed E-state index contributed by atoms with van der Waals surface area (Å²) >= 11 is 0. The van der Waals surface area contributed by atoms with E-state index in [1.54, 1.807) is 13.8 Å². The van der Waals surface area contributed by atoms with Crippen LogP contribution in [0.3, 0.4) is 0 Å². The lowest BCUT2D eigenvalue weighted by molar-refractivity contribution is -0.151. The van der Waals surface area contributed by atoms with E-state index in [1.165, 1.54) is 6.92 Å². The van der Waals surface area contributed by atoms with Crippen LogP contribution in [-0.2, 0) is 14.3 Å². The highest BCUT2D eigenvalue weighted by Crippen LogP contribution is 1.97. The lowest BCUT2D eigenvalue weighted by atomic mass is 10.1. The summed E-state index contributed by atoms with van der Waals surface area (Å²) in [4.78, 5) is 20.2. The Morgan fingerprint density at radius 2 is 1.73 bits per heavy atom. The van der Waals surface area contributed by atoms with Gasteiger partial charge < -0.3 is 14.9 Å². The molecule has 15 heavy (non-hydrogen) atoms. The molecule has 5 nitrogen and oxygen atoms in total. The first kappa shape index (κ1) is 16.3. The third kappa shape index (κ3) is 10.8. The number of esters is 1. The van der Waals surface area contributed by atoms with Gasteiger partial charge in [0.15, 0.2) is 0 Å². The number of carboxylic acids is 1. The molecule has 0 fully saturated rings. The number of carbonyl (C=O) groups excluding carboxylic acids is 1.